The van der Waals surface area contributed by atoms with Crippen LogP contribution in [0, 0.1) is 0 Å². The Morgan fingerprint density at radius 3 is 2.54 bits per heavy atom. The van der Waals surface area contributed by atoms with Crippen molar-refractivity contribution in [1.29, 1.82) is 0 Å². The summed E-state index contributed by atoms with van der Waals surface area (Å²) in [6.45, 7) is 1.70. The first kappa shape index (κ1) is 15.8. The molecule has 0 saturated carbocycles. The quantitative estimate of drug-likeness (QED) is 0.685. The minimum absolute atomic E-state index is 0.0996. The Kier molecular flexibility index (Phi) is 3.84. The van der Waals surface area contributed by atoms with Gasteiger partial charge in [-0.3, -0.25) is 9.69 Å². The summed E-state index contributed by atoms with van der Waals surface area (Å²) in [4.78, 5) is 37.4. The molecule has 7 heteroatoms. The molecule has 3 amide bonds. The number of furan rings is 1. The van der Waals surface area contributed by atoms with Crippen molar-refractivity contribution in [2.24, 2.45) is 0 Å². The van der Waals surface area contributed by atoms with Crippen LogP contribution in [0.1, 0.15) is 28.6 Å². The molecular weight excluding hydrogens is 312 g/mol. The summed E-state index contributed by atoms with van der Waals surface area (Å²) >= 11 is 0. The summed E-state index contributed by atoms with van der Waals surface area (Å²) in [5, 5.41) is 2.66. The normalized spacial score (nSPS) is 20.2. The molecule has 1 aromatic heterocycles. The summed E-state index contributed by atoms with van der Waals surface area (Å²) < 4.78 is 9.91. The summed E-state index contributed by atoms with van der Waals surface area (Å²) in [6.07, 6.45) is 1.45. The highest BCUT2D eigenvalue weighted by atomic mass is 16.5. The number of benzene rings is 1. The number of carbonyl (C=O) groups excluding carboxylic acids is 3. The number of nitrogens with one attached hydrogen (secondary N) is 1. The van der Waals surface area contributed by atoms with Crippen molar-refractivity contribution < 1.29 is 23.5 Å². The van der Waals surface area contributed by atoms with Crippen molar-refractivity contribution in [3.63, 3.8) is 0 Å². The molecule has 1 aromatic carbocycles. The number of ether oxygens (including phenoxy) is 1. The molecule has 1 fully saturated rings. The van der Waals surface area contributed by atoms with Crippen LogP contribution in [0.25, 0.3) is 0 Å². The van der Waals surface area contributed by atoms with Crippen LogP contribution in [-0.4, -0.2) is 29.9 Å². The second-order valence-electron chi connectivity index (χ2n) is 5.61. The van der Waals surface area contributed by atoms with Crippen molar-refractivity contribution in [3.05, 3.63) is 59.5 Å². The number of imide groups is 1. The van der Waals surface area contributed by atoms with E-state index in [0.29, 0.717) is 11.3 Å². The lowest BCUT2D eigenvalue weighted by atomic mass is 9.99. The zero-order valence-electron chi connectivity index (χ0n) is 13.2. The molecule has 1 N–H and O–H groups in total. The highest BCUT2D eigenvalue weighted by Crippen LogP contribution is 2.30. The molecule has 24 heavy (non-hydrogen) atoms. The Bertz CT molecular complexity index is 782. The Labute approximate surface area is 138 Å². The van der Waals surface area contributed by atoms with Crippen LogP contribution in [0.2, 0.25) is 0 Å². The van der Waals surface area contributed by atoms with Crippen molar-refractivity contribution in [3.8, 4) is 0 Å². The zero-order valence-corrected chi connectivity index (χ0v) is 13.2. The van der Waals surface area contributed by atoms with Gasteiger partial charge < -0.3 is 14.5 Å². The lowest BCUT2D eigenvalue weighted by Gasteiger charge is -2.19. The highest BCUT2D eigenvalue weighted by Gasteiger charge is 2.50. The average molecular weight is 328 g/mol. The third-order valence-corrected chi connectivity index (χ3v) is 4.00. The molecule has 0 aliphatic carbocycles. The van der Waals surface area contributed by atoms with Crippen LogP contribution >= 0.6 is 0 Å². The van der Waals surface area contributed by atoms with E-state index in [-0.39, 0.29) is 12.5 Å². The molecular formula is C17H16N2O5. The van der Waals surface area contributed by atoms with Gasteiger partial charge in [-0.05, 0) is 36.8 Å². The Morgan fingerprint density at radius 1 is 1.25 bits per heavy atom. The van der Waals surface area contributed by atoms with Crippen LogP contribution in [0.5, 0.6) is 0 Å². The average Bonchev–Trinajstić information content (AvgIpc) is 3.19. The molecule has 1 saturated heterocycles. The zero-order chi connectivity index (χ0) is 17.3. The summed E-state index contributed by atoms with van der Waals surface area (Å²) in [5.41, 5.74) is -0.0965. The minimum Gasteiger partial charge on any atom is -0.466 e. The predicted octanol–water partition coefficient (Wildman–Crippen LogP) is 2.03. The number of hydrogen-bond acceptors (Lipinski definition) is 5. The lowest BCUT2D eigenvalue weighted by molar-refractivity contribution is -0.132. The fraction of sp³-hybridized carbons (Fsp3) is 0.235. The molecule has 2 aromatic rings. The van der Waals surface area contributed by atoms with Gasteiger partial charge in [0.05, 0.1) is 25.5 Å². The number of nitrogens with zero attached hydrogens (tertiary/aromatic N) is 1. The second-order valence-corrected chi connectivity index (χ2v) is 5.61. The van der Waals surface area contributed by atoms with Crippen LogP contribution in [-0.2, 0) is 21.6 Å². The molecule has 0 radical (unpaired) electrons. The van der Waals surface area contributed by atoms with E-state index in [9.17, 15) is 14.4 Å². The third kappa shape index (κ3) is 2.54. The molecule has 7 nitrogen and oxygen atoms in total. The molecule has 124 valence electrons. The van der Waals surface area contributed by atoms with E-state index >= 15 is 0 Å². The fourth-order valence-electron chi connectivity index (χ4n) is 2.62. The summed E-state index contributed by atoms with van der Waals surface area (Å²) in [5.74, 6) is -0.453. The van der Waals surface area contributed by atoms with Gasteiger partial charge >= 0.3 is 12.0 Å². The highest BCUT2D eigenvalue weighted by molar-refractivity contribution is 6.06. The number of esters is 1. The van der Waals surface area contributed by atoms with Gasteiger partial charge in [-0.1, -0.05) is 12.1 Å². The standard InChI is InChI=1S/C17H16N2O5/c1-17(13-4-3-9-24-13)15(21)19(16(22)18-17)10-11-5-7-12(8-6-11)14(20)23-2/h3-9H,10H2,1-2H3,(H,18,22)/t17-/m1/s1. The molecule has 3 rings (SSSR count). The Morgan fingerprint density at radius 2 is 1.96 bits per heavy atom. The maximum atomic E-state index is 12.7. The first-order chi connectivity index (χ1) is 11.5. The number of carbonyl (C=O) groups is 3. The second kappa shape index (κ2) is 5.84. The predicted molar refractivity (Wildman–Crippen MR) is 82.9 cm³/mol. The molecule has 0 bridgehead atoms. The molecule has 1 aliphatic rings. The van der Waals surface area contributed by atoms with Gasteiger partial charge in [-0.2, -0.15) is 0 Å². The van der Waals surface area contributed by atoms with E-state index in [4.69, 9.17) is 4.42 Å². The first-order valence-electron chi connectivity index (χ1n) is 7.31. The van der Waals surface area contributed by atoms with Gasteiger partial charge in [-0.15, -0.1) is 0 Å². The van der Waals surface area contributed by atoms with Gasteiger partial charge in [0.1, 0.15) is 5.76 Å². The number of methoxy groups -OCH3 is 1. The van der Waals surface area contributed by atoms with E-state index in [0.717, 1.165) is 10.5 Å². The maximum absolute atomic E-state index is 12.7. The number of amides is 3. The van der Waals surface area contributed by atoms with E-state index in [1.165, 1.54) is 13.4 Å². The van der Waals surface area contributed by atoms with Crippen LogP contribution < -0.4 is 5.32 Å². The Balaban J connectivity index is 1.79. The number of rotatable bonds is 4. The molecule has 0 spiro atoms. The number of urea groups is 1. The maximum Gasteiger partial charge on any atom is 0.337 e. The van der Waals surface area contributed by atoms with Gasteiger partial charge in [0, 0.05) is 0 Å². The SMILES string of the molecule is COC(=O)c1ccc(CN2C(=O)N[C@](C)(c3ccco3)C2=O)cc1. The number of hydrogen-bond donors (Lipinski definition) is 1. The van der Waals surface area contributed by atoms with E-state index in [1.54, 1.807) is 43.3 Å². The summed E-state index contributed by atoms with van der Waals surface area (Å²) in [6, 6.07) is 9.35. The van der Waals surface area contributed by atoms with E-state index < -0.39 is 17.5 Å². The van der Waals surface area contributed by atoms with Crippen molar-refractivity contribution >= 4 is 17.9 Å². The Hall–Kier alpha value is -3.09. The minimum atomic E-state index is -1.22. The molecule has 2 heterocycles. The smallest absolute Gasteiger partial charge is 0.337 e. The molecule has 0 unspecified atom stereocenters. The third-order valence-electron chi connectivity index (χ3n) is 4.00. The molecule has 1 aliphatic heterocycles. The first-order valence-corrected chi connectivity index (χ1v) is 7.31. The summed E-state index contributed by atoms with van der Waals surface area (Å²) in [7, 11) is 1.30. The van der Waals surface area contributed by atoms with Gasteiger partial charge in [0.2, 0.25) is 0 Å². The van der Waals surface area contributed by atoms with Gasteiger partial charge in [0.15, 0.2) is 5.54 Å². The molecule has 1 atom stereocenters. The topological polar surface area (TPSA) is 88.8 Å². The monoisotopic (exact) mass is 328 g/mol. The lowest BCUT2D eigenvalue weighted by Crippen LogP contribution is -2.40. The fourth-order valence-corrected chi connectivity index (χ4v) is 2.62. The van der Waals surface area contributed by atoms with Crippen molar-refractivity contribution in [1.82, 2.24) is 10.2 Å². The van der Waals surface area contributed by atoms with Gasteiger partial charge in [0.25, 0.3) is 5.91 Å². The van der Waals surface area contributed by atoms with E-state index in [2.05, 4.69) is 10.1 Å². The largest absolute Gasteiger partial charge is 0.466 e. The van der Waals surface area contributed by atoms with Gasteiger partial charge in [-0.25, -0.2) is 9.59 Å². The van der Waals surface area contributed by atoms with Crippen LogP contribution in [0.4, 0.5) is 4.79 Å². The van der Waals surface area contributed by atoms with Crippen molar-refractivity contribution in [2.45, 2.75) is 19.0 Å². The van der Waals surface area contributed by atoms with Crippen molar-refractivity contribution in [2.75, 3.05) is 7.11 Å². The van der Waals surface area contributed by atoms with Crippen LogP contribution in [0.3, 0.4) is 0 Å². The van der Waals surface area contributed by atoms with E-state index in [1.807, 2.05) is 0 Å². The van der Waals surface area contributed by atoms with Crippen LogP contribution in [0.15, 0.2) is 47.1 Å².